The number of methoxy groups -OCH3 is 1. The first-order valence-corrected chi connectivity index (χ1v) is 9.30. The molecule has 1 aliphatic heterocycles. The number of fused-ring (bicyclic) bond motifs is 1. The first-order chi connectivity index (χ1) is 13.5. The lowest BCUT2D eigenvalue weighted by Gasteiger charge is -2.37. The molecule has 0 aliphatic carbocycles. The molecule has 5 nitrogen and oxygen atoms in total. The van der Waals surface area contributed by atoms with Gasteiger partial charge in [0.15, 0.2) is 0 Å². The molecule has 0 radical (unpaired) electrons. The van der Waals surface area contributed by atoms with Crippen LogP contribution >= 0.6 is 0 Å². The van der Waals surface area contributed by atoms with E-state index in [4.69, 9.17) is 14.7 Å². The highest BCUT2D eigenvalue weighted by molar-refractivity contribution is 6.05. The average Bonchev–Trinajstić information content (AvgIpc) is 2.72. The summed E-state index contributed by atoms with van der Waals surface area (Å²) in [6.45, 7) is 4.08. The zero-order valence-electron chi connectivity index (χ0n) is 16.4. The molecule has 5 heteroatoms. The van der Waals surface area contributed by atoms with Gasteiger partial charge >= 0.3 is 0 Å². The third-order valence-electron chi connectivity index (χ3n) is 5.18. The summed E-state index contributed by atoms with van der Waals surface area (Å²) in [4.78, 5) is 4.09. The molecule has 142 valence electrons. The fourth-order valence-corrected chi connectivity index (χ4v) is 3.47. The van der Waals surface area contributed by atoms with Crippen molar-refractivity contribution in [3.63, 3.8) is 0 Å². The molecule has 28 heavy (non-hydrogen) atoms. The van der Waals surface area contributed by atoms with E-state index in [2.05, 4.69) is 18.0 Å². The predicted octanol–water partition coefficient (Wildman–Crippen LogP) is 4.85. The monoisotopic (exact) mass is 373 g/mol. The van der Waals surface area contributed by atoms with Gasteiger partial charge in [0.2, 0.25) is 6.19 Å². The van der Waals surface area contributed by atoms with E-state index in [0.717, 1.165) is 41.0 Å². The van der Waals surface area contributed by atoms with Crippen molar-refractivity contribution in [2.75, 3.05) is 7.11 Å². The third-order valence-corrected chi connectivity index (χ3v) is 5.18. The Bertz CT molecular complexity index is 984. The number of nitrogens with zero attached hydrogens (tertiary/aromatic N) is 3. The minimum atomic E-state index is -0.433. The van der Waals surface area contributed by atoms with Crippen molar-refractivity contribution in [2.24, 2.45) is 4.99 Å². The van der Waals surface area contributed by atoms with E-state index in [1.54, 1.807) is 13.2 Å². The zero-order valence-corrected chi connectivity index (χ0v) is 16.4. The maximum absolute atomic E-state index is 9.19. The Morgan fingerprint density at radius 1 is 1.21 bits per heavy atom. The molecule has 3 rings (SSSR count). The largest absolute Gasteiger partial charge is 0.486 e. The minimum absolute atomic E-state index is 0.146. The molecule has 0 saturated carbocycles. The number of rotatable bonds is 5. The summed E-state index contributed by atoms with van der Waals surface area (Å²) in [6.07, 6.45) is 4.31. The van der Waals surface area contributed by atoms with Gasteiger partial charge in [0.25, 0.3) is 0 Å². The summed E-state index contributed by atoms with van der Waals surface area (Å²) in [5.74, 6) is 0.730. The molecule has 0 N–H and O–H groups in total. The molecule has 0 fully saturated rings. The summed E-state index contributed by atoms with van der Waals surface area (Å²) >= 11 is 0. The highest BCUT2D eigenvalue weighted by Gasteiger charge is 2.35. The molecule has 0 amide bonds. The second-order valence-electron chi connectivity index (χ2n) is 7.38. The van der Waals surface area contributed by atoms with Gasteiger partial charge < -0.3 is 9.47 Å². The van der Waals surface area contributed by atoms with Gasteiger partial charge in [-0.1, -0.05) is 18.2 Å². The van der Waals surface area contributed by atoms with Gasteiger partial charge in [0.1, 0.15) is 11.4 Å². The van der Waals surface area contributed by atoms with Crippen molar-refractivity contribution in [1.29, 1.82) is 10.5 Å². The van der Waals surface area contributed by atoms with E-state index in [1.807, 2.05) is 49.5 Å². The molecule has 0 bridgehead atoms. The number of aliphatic imine (C=N–C) groups is 1. The van der Waals surface area contributed by atoms with Crippen LogP contribution in [0.15, 0.2) is 47.5 Å². The van der Waals surface area contributed by atoms with Crippen molar-refractivity contribution < 1.29 is 9.47 Å². The second-order valence-corrected chi connectivity index (χ2v) is 7.38. The van der Waals surface area contributed by atoms with Crippen LogP contribution < -0.4 is 4.74 Å². The lowest BCUT2D eigenvalue weighted by molar-refractivity contribution is 0.0468. The van der Waals surface area contributed by atoms with Gasteiger partial charge in [-0.15, -0.1) is 0 Å². The van der Waals surface area contributed by atoms with Crippen molar-refractivity contribution in [3.05, 3.63) is 53.6 Å². The number of ether oxygens (including phenoxy) is 2. The van der Waals surface area contributed by atoms with Gasteiger partial charge in [-0.2, -0.15) is 15.5 Å². The predicted molar refractivity (Wildman–Crippen MR) is 108 cm³/mol. The maximum atomic E-state index is 9.19. The van der Waals surface area contributed by atoms with E-state index in [-0.39, 0.29) is 6.10 Å². The summed E-state index contributed by atoms with van der Waals surface area (Å²) < 4.78 is 11.7. The van der Waals surface area contributed by atoms with Crippen LogP contribution in [0.4, 0.5) is 0 Å². The fourth-order valence-electron chi connectivity index (χ4n) is 3.47. The Labute approximate surface area is 165 Å². The van der Waals surface area contributed by atoms with Crippen LogP contribution in [-0.4, -0.2) is 24.5 Å². The lowest BCUT2D eigenvalue weighted by atomic mass is 9.85. The lowest BCUT2D eigenvalue weighted by Crippen LogP contribution is -2.40. The first kappa shape index (κ1) is 19.6. The van der Waals surface area contributed by atoms with Crippen LogP contribution in [0.5, 0.6) is 5.75 Å². The Hall–Kier alpha value is -3.15. The van der Waals surface area contributed by atoms with Crippen LogP contribution in [0.1, 0.15) is 44.2 Å². The van der Waals surface area contributed by atoms with Gasteiger partial charge in [0.05, 0.1) is 23.4 Å². The van der Waals surface area contributed by atoms with E-state index in [9.17, 15) is 5.26 Å². The number of hydrogen-bond acceptors (Lipinski definition) is 5. The topological polar surface area (TPSA) is 78.4 Å². The molecule has 0 unspecified atom stereocenters. The Balaban J connectivity index is 1.96. The van der Waals surface area contributed by atoms with Crippen molar-refractivity contribution in [2.45, 2.75) is 44.8 Å². The molecule has 0 aromatic heterocycles. The Morgan fingerprint density at radius 3 is 2.71 bits per heavy atom. The summed E-state index contributed by atoms with van der Waals surface area (Å²) in [5.41, 5.74) is 3.64. The number of nitriles is 2. The molecule has 2 atom stereocenters. The fraction of sp³-hybridized carbons (Fsp3) is 0.348. The van der Waals surface area contributed by atoms with Crippen LogP contribution in [0.2, 0.25) is 0 Å². The molecule has 0 saturated heterocycles. The van der Waals surface area contributed by atoms with Crippen molar-refractivity contribution >= 4 is 5.71 Å². The van der Waals surface area contributed by atoms with Crippen molar-refractivity contribution in [1.82, 2.24) is 0 Å². The smallest absolute Gasteiger partial charge is 0.205 e. The minimum Gasteiger partial charge on any atom is -0.486 e. The SMILES string of the molecule is CO[C@H](C)CC[C@@]1(C)CC(=NC#N)c2cc(-c3cccc(C#N)c3)ccc2O1. The second kappa shape index (κ2) is 8.25. The van der Waals surface area contributed by atoms with E-state index in [0.29, 0.717) is 12.0 Å². The summed E-state index contributed by atoms with van der Waals surface area (Å²) in [5, 5.41) is 18.3. The Morgan fingerprint density at radius 2 is 2.00 bits per heavy atom. The molecular formula is C23H23N3O2. The van der Waals surface area contributed by atoms with Crippen LogP contribution in [0.3, 0.4) is 0 Å². The number of benzene rings is 2. The van der Waals surface area contributed by atoms with Crippen LogP contribution in [0, 0.1) is 22.8 Å². The highest BCUT2D eigenvalue weighted by Crippen LogP contribution is 2.38. The average molecular weight is 373 g/mol. The van der Waals surface area contributed by atoms with Crippen LogP contribution in [0.25, 0.3) is 11.1 Å². The van der Waals surface area contributed by atoms with E-state index >= 15 is 0 Å². The quantitative estimate of drug-likeness (QED) is 0.702. The van der Waals surface area contributed by atoms with Gasteiger partial charge in [-0.05, 0) is 62.1 Å². The molecular weight excluding hydrogens is 350 g/mol. The van der Waals surface area contributed by atoms with Gasteiger partial charge in [0, 0.05) is 19.1 Å². The van der Waals surface area contributed by atoms with Crippen LogP contribution in [-0.2, 0) is 4.74 Å². The van der Waals surface area contributed by atoms with Gasteiger partial charge in [-0.25, -0.2) is 0 Å². The summed E-state index contributed by atoms with van der Waals surface area (Å²) in [6, 6.07) is 15.5. The summed E-state index contributed by atoms with van der Waals surface area (Å²) in [7, 11) is 1.70. The normalized spacial score (nSPS) is 20.5. The van der Waals surface area contributed by atoms with E-state index in [1.165, 1.54) is 0 Å². The highest BCUT2D eigenvalue weighted by atomic mass is 16.5. The standard InChI is InChI=1S/C23H23N3O2/c1-16(27-3)9-10-23(2)13-21(26-15-25)20-12-19(7-8-22(20)28-23)18-6-4-5-17(11-18)14-24/h4-8,11-12,16H,9-10,13H2,1-3H3/t16-,23+/m1/s1. The maximum Gasteiger partial charge on any atom is 0.205 e. The first-order valence-electron chi connectivity index (χ1n) is 9.30. The van der Waals surface area contributed by atoms with Crippen molar-refractivity contribution in [3.8, 4) is 29.1 Å². The zero-order chi connectivity index (χ0) is 20.1. The molecule has 1 heterocycles. The third kappa shape index (κ3) is 4.22. The van der Waals surface area contributed by atoms with Gasteiger partial charge in [-0.3, -0.25) is 0 Å². The molecule has 2 aromatic rings. The Kier molecular flexibility index (Phi) is 5.78. The molecule has 0 spiro atoms. The molecule has 1 aliphatic rings. The molecule has 2 aromatic carbocycles. The van der Waals surface area contributed by atoms with E-state index < -0.39 is 5.60 Å². The number of hydrogen-bond donors (Lipinski definition) is 0.